The van der Waals surface area contributed by atoms with E-state index in [0.717, 1.165) is 18.5 Å². The smallest absolute Gasteiger partial charge is 0.254 e. The van der Waals surface area contributed by atoms with Crippen molar-refractivity contribution in [2.75, 3.05) is 32.8 Å². The Morgan fingerprint density at radius 2 is 1.84 bits per heavy atom. The molecule has 6 nitrogen and oxygen atoms in total. The van der Waals surface area contributed by atoms with Crippen molar-refractivity contribution in [1.82, 2.24) is 14.4 Å². The standard InChI is InChI=1S/C24H34ClN3O3/c1-4-6-14-27(18-22-12-8-13-26(22)3)23(29)19-28(15-9-16-31-5-2)24(30)20-10-7-11-21(25)17-20/h7-8,10-13,17H,4-6,9,14-16,18-19H2,1-3H3. The molecule has 0 saturated carbocycles. The summed E-state index contributed by atoms with van der Waals surface area (Å²) in [5, 5.41) is 0.500. The predicted molar refractivity (Wildman–Crippen MR) is 124 cm³/mol. The molecule has 0 spiro atoms. The molecular formula is C24H34ClN3O3. The molecular weight excluding hydrogens is 414 g/mol. The number of carbonyl (C=O) groups excluding carboxylic acids is 2. The predicted octanol–water partition coefficient (Wildman–Crippen LogP) is 4.38. The van der Waals surface area contributed by atoms with E-state index in [9.17, 15) is 9.59 Å². The summed E-state index contributed by atoms with van der Waals surface area (Å²) >= 11 is 6.08. The summed E-state index contributed by atoms with van der Waals surface area (Å²) in [4.78, 5) is 29.9. The molecule has 0 aliphatic carbocycles. The quantitative estimate of drug-likeness (QED) is 0.428. The SMILES string of the molecule is CCCCN(Cc1cccn1C)C(=O)CN(CCCOCC)C(=O)c1cccc(Cl)c1. The van der Waals surface area contributed by atoms with Crippen LogP contribution in [0.15, 0.2) is 42.6 Å². The van der Waals surface area contributed by atoms with Gasteiger partial charge in [0.2, 0.25) is 5.91 Å². The minimum atomic E-state index is -0.193. The first-order valence-electron chi connectivity index (χ1n) is 11.0. The Labute approximate surface area is 190 Å². The normalized spacial score (nSPS) is 10.8. The summed E-state index contributed by atoms with van der Waals surface area (Å²) in [6, 6.07) is 10.8. The molecule has 0 radical (unpaired) electrons. The van der Waals surface area contributed by atoms with E-state index in [1.165, 1.54) is 0 Å². The molecule has 7 heteroatoms. The van der Waals surface area contributed by atoms with Gasteiger partial charge in [-0.1, -0.05) is 31.0 Å². The van der Waals surface area contributed by atoms with Crippen LogP contribution in [0.5, 0.6) is 0 Å². The zero-order valence-corrected chi connectivity index (χ0v) is 19.6. The number of unbranched alkanes of at least 4 members (excludes halogenated alkanes) is 1. The lowest BCUT2D eigenvalue weighted by molar-refractivity contribution is -0.132. The van der Waals surface area contributed by atoms with Crippen molar-refractivity contribution in [3.63, 3.8) is 0 Å². The molecule has 0 unspecified atom stereocenters. The second-order valence-electron chi connectivity index (χ2n) is 7.57. The van der Waals surface area contributed by atoms with Gasteiger partial charge in [0.1, 0.15) is 6.54 Å². The number of halogens is 1. The van der Waals surface area contributed by atoms with E-state index < -0.39 is 0 Å². The van der Waals surface area contributed by atoms with Gasteiger partial charge in [-0.3, -0.25) is 9.59 Å². The summed E-state index contributed by atoms with van der Waals surface area (Å²) in [6.45, 7) is 6.89. The van der Waals surface area contributed by atoms with E-state index in [1.54, 1.807) is 29.2 Å². The summed E-state index contributed by atoms with van der Waals surface area (Å²) in [7, 11) is 1.97. The minimum Gasteiger partial charge on any atom is -0.382 e. The van der Waals surface area contributed by atoms with Crippen molar-refractivity contribution in [2.24, 2.45) is 7.05 Å². The molecule has 31 heavy (non-hydrogen) atoms. The van der Waals surface area contributed by atoms with Gasteiger partial charge in [0, 0.05) is 55.8 Å². The third-order valence-corrected chi connectivity index (χ3v) is 5.38. The second-order valence-corrected chi connectivity index (χ2v) is 8.00. The monoisotopic (exact) mass is 447 g/mol. The molecule has 170 valence electrons. The number of hydrogen-bond donors (Lipinski definition) is 0. The van der Waals surface area contributed by atoms with Gasteiger partial charge in [-0.15, -0.1) is 0 Å². The van der Waals surface area contributed by atoms with Gasteiger partial charge in [0.05, 0.1) is 6.54 Å². The number of aryl methyl sites for hydroxylation is 1. The maximum atomic E-state index is 13.3. The third-order valence-electron chi connectivity index (χ3n) is 5.14. The van der Waals surface area contributed by atoms with Crippen molar-refractivity contribution in [2.45, 2.75) is 39.7 Å². The molecule has 1 aromatic carbocycles. The van der Waals surface area contributed by atoms with Crippen LogP contribution in [0.3, 0.4) is 0 Å². The molecule has 2 amide bonds. The van der Waals surface area contributed by atoms with Crippen molar-refractivity contribution >= 4 is 23.4 Å². The van der Waals surface area contributed by atoms with Crippen LogP contribution in [0.25, 0.3) is 0 Å². The lowest BCUT2D eigenvalue weighted by Gasteiger charge is -2.28. The number of aromatic nitrogens is 1. The van der Waals surface area contributed by atoms with Crippen LogP contribution in [0.1, 0.15) is 49.2 Å². The number of rotatable bonds is 13. The molecule has 0 saturated heterocycles. The Balaban J connectivity index is 2.15. The van der Waals surface area contributed by atoms with Gasteiger partial charge in [-0.2, -0.15) is 0 Å². The third kappa shape index (κ3) is 8.04. The van der Waals surface area contributed by atoms with E-state index in [4.69, 9.17) is 16.3 Å². The van der Waals surface area contributed by atoms with Gasteiger partial charge in [-0.25, -0.2) is 0 Å². The van der Waals surface area contributed by atoms with Crippen LogP contribution >= 0.6 is 11.6 Å². The molecule has 0 aliphatic rings. The van der Waals surface area contributed by atoms with Crippen LogP contribution < -0.4 is 0 Å². The van der Waals surface area contributed by atoms with E-state index in [0.29, 0.717) is 49.9 Å². The zero-order valence-electron chi connectivity index (χ0n) is 18.8. The largest absolute Gasteiger partial charge is 0.382 e. The fourth-order valence-electron chi connectivity index (χ4n) is 3.32. The number of amides is 2. The van der Waals surface area contributed by atoms with Crippen molar-refractivity contribution in [3.8, 4) is 0 Å². The van der Waals surface area contributed by atoms with Crippen molar-refractivity contribution in [1.29, 1.82) is 0 Å². The van der Waals surface area contributed by atoms with Crippen LogP contribution in [0, 0.1) is 0 Å². The molecule has 1 heterocycles. The Kier molecular flexibility index (Phi) is 10.6. The second kappa shape index (κ2) is 13.2. The van der Waals surface area contributed by atoms with Crippen LogP contribution in [0.4, 0.5) is 0 Å². The first kappa shape index (κ1) is 25.0. The molecule has 0 aliphatic heterocycles. The van der Waals surface area contributed by atoms with E-state index >= 15 is 0 Å². The topological polar surface area (TPSA) is 54.8 Å². The van der Waals surface area contributed by atoms with E-state index in [1.807, 2.05) is 41.8 Å². The Bertz CT molecular complexity index is 837. The maximum Gasteiger partial charge on any atom is 0.254 e. The highest BCUT2D eigenvalue weighted by Gasteiger charge is 2.23. The highest BCUT2D eigenvalue weighted by molar-refractivity contribution is 6.30. The van der Waals surface area contributed by atoms with Gasteiger partial charge in [-0.05, 0) is 50.1 Å². The Morgan fingerprint density at radius 3 is 2.48 bits per heavy atom. The molecule has 0 atom stereocenters. The molecule has 0 N–H and O–H groups in total. The number of hydrogen-bond acceptors (Lipinski definition) is 3. The average molecular weight is 448 g/mol. The maximum absolute atomic E-state index is 13.3. The lowest BCUT2D eigenvalue weighted by Crippen LogP contribution is -2.43. The Hall–Kier alpha value is -2.31. The summed E-state index contributed by atoms with van der Waals surface area (Å²) in [6.07, 6.45) is 4.56. The molecule has 1 aromatic heterocycles. The number of ether oxygens (including phenoxy) is 1. The number of nitrogens with zero attached hydrogens (tertiary/aromatic N) is 3. The molecule has 2 aromatic rings. The lowest BCUT2D eigenvalue weighted by atomic mass is 10.2. The zero-order chi connectivity index (χ0) is 22.6. The van der Waals surface area contributed by atoms with Gasteiger partial charge in [0.15, 0.2) is 0 Å². The van der Waals surface area contributed by atoms with Crippen LogP contribution in [-0.4, -0.2) is 59.0 Å². The van der Waals surface area contributed by atoms with E-state index in [-0.39, 0.29) is 18.4 Å². The van der Waals surface area contributed by atoms with Gasteiger partial charge < -0.3 is 19.1 Å². The number of carbonyl (C=O) groups is 2. The fraction of sp³-hybridized carbons (Fsp3) is 0.500. The number of benzene rings is 1. The first-order valence-corrected chi connectivity index (χ1v) is 11.3. The summed E-state index contributed by atoms with van der Waals surface area (Å²) in [5.74, 6) is -0.247. The fourth-order valence-corrected chi connectivity index (χ4v) is 3.51. The highest BCUT2D eigenvalue weighted by atomic mass is 35.5. The average Bonchev–Trinajstić information content (AvgIpc) is 3.17. The molecule has 0 bridgehead atoms. The van der Waals surface area contributed by atoms with Gasteiger partial charge in [0.25, 0.3) is 5.91 Å². The molecule has 0 fully saturated rings. The van der Waals surface area contributed by atoms with Crippen LogP contribution in [-0.2, 0) is 23.1 Å². The minimum absolute atomic E-state index is 0.0333. The first-order chi connectivity index (χ1) is 15.0. The molecule has 2 rings (SSSR count). The summed E-state index contributed by atoms with van der Waals surface area (Å²) in [5.41, 5.74) is 1.55. The summed E-state index contributed by atoms with van der Waals surface area (Å²) < 4.78 is 7.44. The highest BCUT2D eigenvalue weighted by Crippen LogP contribution is 2.14. The van der Waals surface area contributed by atoms with Crippen molar-refractivity contribution < 1.29 is 14.3 Å². The van der Waals surface area contributed by atoms with E-state index in [2.05, 4.69) is 6.92 Å². The van der Waals surface area contributed by atoms with Crippen LogP contribution in [0.2, 0.25) is 5.02 Å². The Morgan fingerprint density at radius 1 is 1.06 bits per heavy atom. The van der Waals surface area contributed by atoms with Crippen molar-refractivity contribution in [3.05, 3.63) is 58.9 Å². The van der Waals surface area contributed by atoms with Gasteiger partial charge >= 0.3 is 0 Å².